The van der Waals surface area contributed by atoms with Gasteiger partial charge in [0, 0.05) is 12.3 Å². The van der Waals surface area contributed by atoms with Crippen molar-refractivity contribution >= 4 is 11.8 Å². The maximum atomic E-state index is 13.0. The Labute approximate surface area is 152 Å². The Kier molecular flexibility index (Phi) is 3.94. The van der Waals surface area contributed by atoms with E-state index in [2.05, 4.69) is 10.6 Å². The lowest BCUT2D eigenvalue weighted by atomic mass is 9.74. The van der Waals surface area contributed by atoms with Gasteiger partial charge < -0.3 is 15.4 Å². The van der Waals surface area contributed by atoms with Crippen LogP contribution in [0, 0.1) is 5.92 Å². The van der Waals surface area contributed by atoms with E-state index in [1.807, 2.05) is 68.4 Å². The number of carbonyl (C=O) groups excluding carboxylic acids is 2. The first-order valence-corrected chi connectivity index (χ1v) is 8.92. The molecule has 2 aliphatic heterocycles. The zero-order chi connectivity index (χ0) is 18.3. The lowest BCUT2D eigenvalue weighted by molar-refractivity contribution is -0.147. The van der Waals surface area contributed by atoms with E-state index in [0.29, 0.717) is 6.42 Å². The molecule has 0 aromatic heterocycles. The highest BCUT2D eigenvalue weighted by Gasteiger charge is 2.51. The van der Waals surface area contributed by atoms with Crippen LogP contribution in [0.25, 0.3) is 0 Å². The van der Waals surface area contributed by atoms with Crippen LogP contribution in [0.1, 0.15) is 43.4 Å². The number of amides is 2. The maximum Gasteiger partial charge on any atom is 0.236 e. The number of carbonyl (C=O) groups is 2. The van der Waals surface area contributed by atoms with Gasteiger partial charge in [0.05, 0.1) is 6.04 Å². The summed E-state index contributed by atoms with van der Waals surface area (Å²) in [6.07, 6.45) is 0.577. The molecule has 4 rings (SSSR count). The van der Waals surface area contributed by atoms with Crippen molar-refractivity contribution in [1.29, 1.82) is 0 Å². The van der Waals surface area contributed by atoms with E-state index in [9.17, 15) is 9.59 Å². The molecule has 1 saturated heterocycles. The first kappa shape index (κ1) is 16.6. The quantitative estimate of drug-likeness (QED) is 0.837. The summed E-state index contributed by atoms with van der Waals surface area (Å²) in [6, 6.07) is 17.2. The van der Waals surface area contributed by atoms with E-state index < -0.39 is 11.6 Å². The molecule has 0 unspecified atom stereocenters. The van der Waals surface area contributed by atoms with Gasteiger partial charge in [-0.3, -0.25) is 9.59 Å². The van der Waals surface area contributed by atoms with Crippen molar-refractivity contribution in [3.63, 3.8) is 0 Å². The molecule has 2 bridgehead atoms. The predicted octanol–water partition coefficient (Wildman–Crippen LogP) is 2.89. The topological polar surface area (TPSA) is 67.4 Å². The summed E-state index contributed by atoms with van der Waals surface area (Å²) in [5.41, 5.74) is 1.17. The van der Waals surface area contributed by atoms with Gasteiger partial charge in [-0.05, 0) is 31.0 Å². The van der Waals surface area contributed by atoms with Crippen molar-refractivity contribution in [3.8, 4) is 5.75 Å². The number of hydrogen-bond donors (Lipinski definition) is 2. The minimum atomic E-state index is -0.766. The molecule has 2 aromatic carbocycles. The van der Waals surface area contributed by atoms with Gasteiger partial charge in [0.15, 0.2) is 5.72 Å². The summed E-state index contributed by atoms with van der Waals surface area (Å²) in [7, 11) is 0. The minimum Gasteiger partial charge on any atom is -0.468 e. The molecular formula is C21H22N2O3. The molecule has 0 saturated carbocycles. The molecule has 0 radical (unpaired) electrons. The molecule has 0 aliphatic carbocycles. The fourth-order valence-corrected chi connectivity index (χ4v) is 4.02. The van der Waals surface area contributed by atoms with Crippen molar-refractivity contribution in [3.05, 3.63) is 65.7 Å². The second-order valence-electron chi connectivity index (χ2n) is 7.29. The van der Waals surface area contributed by atoms with Crippen LogP contribution in [-0.2, 0) is 9.59 Å². The molecule has 2 heterocycles. The summed E-state index contributed by atoms with van der Waals surface area (Å²) in [6.45, 7) is 3.78. The van der Waals surface area contributed by atoms with Crippen LogP contribution < -0.4 is 15.4 Å². The number of para-hydroxylation sites is 1. The summed E-state index contributed by atoms with van der Waals surface area (Å²) in [5.74, 6) is -0.750. The Balaban J connectivity index is 1.62. The van der Waals surface area contributed by atoms with Crippen molar-refractivity contribution in [2.45, 2.75) is 38.0 Å². The van der Waals surface area contributed by atoms with Gasteiger partial charge in [-0.25, -0.2) is 0 Å². The Hall–Kier alpha value is -2.82. The van der Waals surface area contributed by atoms with E-state index in [4.69, 9.17) is 4.74 Å². The minimum absolute atomic E-state index is 0.167. The number of rotatable bonds is 3. The van der Waals surface area contributed by atoms with Crippen LogP contribution >= 0.6 is 0 Å². The molecule has 2 N–H and O–H groups in total. The molecule has 26 heavy (non-hydrogen) atoms. The van der Waals surface area contributed by atoms with Gasteiger partial charge in [0.25, 0.3) is 0 Å². The van der Waals surface area contributed by atoms with Crippen molar-refractivity contribution in [2.24, 2.45) is 5.92 Å². The third-order valence-electron chi connectivity index (χ3n) is 5.28. The first-order chi connectivity index (χ1) is 12.5. The Morgan fingerprint density at radius 3 is 2.65 bits per heavy atom. The van der Waals surface area contributed by atoms with Crippen LogP contribution in [0.3, 0.4) is 0 Å². The molecule has 5 nitrogen and oxygen atoms in total. The zero-order valence-corrected chi connectivity index (χ0v) is 14.9. The average Bonchev–Trinajstić information content (AvgIpc) is 2.61. The third-order valence-corrected chi connectivity index (χ3v) is 5.28. The van der Waals surface area contributed by atoms with Crippen LogP contribution in [0.5, 0.6) is 5.75 Å². The Bertz CT molecular complexity index is 851. The van der Waals surface area contributed by atoms with Gasteiger partial charge in [0.2, 0.25) is 11.8 Å². The monoisotopic (exact) mass is 350 g/mol. The molecule has 4 atom stereocenters. The lowest BCUT2D eigenvalue weighted by Crippen LogP contribution is -2.63. The van der Waals surface area contributed by atoms with Crippen LogP contribution in [0.2, 0.25) is 0 Å². The van der Waals surface area contributed by atoms with Crippen molar-refractivity contribution in [1.82, 2.24) is 10.6 Å². The smallest absolute Gasteiger partial charge is 0.236 e. The summed E-state index contributed by atoms with van der Waals surface area (Å²) >= 11 is 0. The number of benzene rings is 2. The lowest BCUT2D eigenvalue weighted by Gasteiger charge is -2.46. The van der Waals surface area contributed by atoms with Crippen LogP contribution in [0.15, 0.2) is 54.6 Å². The number of fused-ring (bicyclic) bond motifs is 4. The normalized spacial score (nSPS) is 27.5. The molecular weight excluding hydrogens is 328 g/mol. The molecule has 5 heteroatoms. The largest absolute Gasteiger partial charge is 0.468 e. The van der Waals surface area contributed by atoms with E-state index in [1.165, 1.54) is 0 Å². The maximum absolute atomic E-state index is 13.0. The number of piperidine rings is 1. The van der Waals surface area contributed by atoms with Gasteiger partial charge in [0.1, 0.15) is 11.7 Å². The highest BCUT2D eigenvalue weighted by Crippen LogP contribution is 2.46. The van der Waals surface area contributed by atoms with E-state index in [0.717, 1.165) is 16.9 Å². The number of hydrogen-bond acceptors (Lipinski definition) is 3. The summed E-state index contributed by atoms with van der Waals surface area (Å²) in [5, 5.41) is 5.89. The standard InChI is InChI=1S/C21H22N2O3/c1-13(14-8-4-3-5-9-14)22-19(24)18-16-12-21(2,23-20(18)25)26-17-11-7-6-10-15(16)17/h3-11,13,16,18H,12H2,1-2H3,(H,22,24)(H,23,25)/t13-,16+,18-,21-/m1/s1. The van der Waals surface area contributed by atoms with Crippen LogP contribution in [-0.4, -0.2) is 17.5 Å². The number of ether oxygens (including phenoxy) is 1. The zero-order valence-electron chi connectivity index (χ0n) is 14.9. The van der Waals surface area contributed by atoms with E-state index in [1.54, 1.807) is 0 Å². The predicted molar refractivity (Wildman–Crippen MR) is 97.5 cm³/mol. The number of nitrogens with one attached hydrogen (secondary N) is 2. The van der Waals surface area contributed by atoms with Crippen molar-refractivity contribution < 1.29 is 14.3 Å². The van der Waals surface area contributed by atoms with Crippen molar-refractivity contribution in [2.75, 3.05) is 0 Å². The van der Waals surface area contributed by atoms with Gasteiger partial charge in [-0.1, -0.05) is 48.5 Å². The summed E-state index contributed by atoms with van der Waals surface area (Å²) < 4.78 is 5.98. The molecule has 134 valence electrons. The van der Waals surface area contributed by atoms with Gasteiger partial charge in [-0.15, -0.1) is 0 Å². The second-order valence-corrected chi connectivity index (χ2v) is 7.29. The first-order valence-electron chi connectivity index (χ1n) is 8.92. The summed E-state index contributed by atoms with van der Waals surface area (Å²) in [4.78, 5) is 25.7. The second kappa shape index (κ2) is 6.16. The third kappa shape index (κ3) is 2.83. The highest BCUT2D eigenvalue weighted by atomic mass is 16.5. The van der Waals surface area contributed by atoms with Gasteiger partial charge >= 0.3 is 0 Å². The van der Waals surface area contributed by atoms with E-state index >= 15 is 0 Å². The Morgan fingerprint density at radius 1 is 1.19 bits per heavy atom. The molecule has 2 aromatic rings. The molecule has 1 fully saturated rings. The molecule has 2 aliphatic rings. The van der Waals surface area contributed by atoms with Gasteiger partial charge in [-0.2, -0.15) is 0 Å². The molecule has 0 spiro atoms. The Morgan fingerprint density at radius 2 is 1.88 bits per heavy atom. The average molecular weight is 350 g/mol. The highest BCUT2D eigenvalue weighted by molar-refractivity contribution is 6.02. The SMILES string of the molecule is C[C@@H](NC(=O)[C@@H]1C(=O)N[C@@]2(C)C[C@H]1c1ccccc1O2)c1ccccc1. The molecule has 2 amide bonds. The fourth-order valence-electron chi connectivity index (χ4n) is 4.02. The van der Waals surface area contributed by atoms with E-state index in [-0.39, 0.29) is 23.8 Å². The fraction of sp³-hybridized carbons (Fsp3) is 0.333. The van der Waals surface area contributed by atoms with Crippen LogP contribution in [0.4, 0.5) is 0 Å².